The molecule has 0 saturated carbocycles. The molecule has 0 heterocycles. The Morgan fingerprint density at radius 1 is 1.14 bits per heavy atom. The number of unbranched alkanes of at least 4 members (excludes halogenated alkanes) is 1. The van der Waals surface area contributed by atoms with E-state index in [1.54, 1.807) is 6.92 Å². The van der Waals surface area contributed by atoms with Gasteiger partial charge < -0.3 is 9.64 Å². The summed E-state index contributed by atoms with van der Waals surface area (Å²) in [6.07, 6.45) is 2.87. The largest absolute Gasteiger partial charge is 0.465 e. The van der Waals surface area contributed by atoms with Crippen molar-refractivity contribution in [1.29, 1.82) is 0 Å². The van der Waals surface area contributed by atoms with E-state index >= 15 is 0 Å². The van der Waals surface area contributed by atoms with Gasteiger partial charge in [0.2, 0.25) is 5.91 Å². The molecule has 2 unspecified atom stereocenters. The number of ether oxygens (including phenoxy) is 1. The number of nitrogens with zero attached hydrogens (tertiary/aromatic N) is 1. The Bertz CT molecular complexity index is 333. The second kappa shape index (κ2) is 9.06. The molecule has 0 saturated heterocycles. The molecule has 0 aliphatic heterocycles. The maximum atomic E-state index is 12.9. The summed E-state index contributed by atoms with van der Waals surface area (Å²) in [5.41, 5.74) is -0.443. The Hall–Kier alpha value is -1.06. The number of hydrogen-bond donors (Lipinski definition) is 0. The standard InChI is InChI=1S/C17H33NO3/c1-8-11-12-18(13(4)9-2)15(19)14(17(5,6)7)16(20)21-10-3/h13-14H,8-12H2,1-7H3. The van der Waals surface area contributed by atoms with Crippen LogP contribution in [0.4, 0.5) is 0 Å². The Morgan fingerprint density at radius 2 is 1.71 bits per heavy atom. The van der Waals surface area contributed by atoms with Crippen molar-refractivity contribution in [2.45, 2.75) is 73.8 Å². The predicted molar refractivity (Wildman–Crippen MR) is 86.0 cm³/mol. The molecule has 0 aromatic carbocycles. The van der Waals surface area contributed by atoms with Crippen LogP contribution < -0.4 is 0 Å². The van der Waals surface area contributed by atoms with E-state index in [1.807, 2.05) is 32.6 Å². The van der Waals surface area contributed by atoms with Crippen LogP contribution in [0.1, 0.15) is 67.7 Å². The summed E-state index contributed by atoms with van der Waals surface area (Å²) >= 11 is 0. The number of rotatable bonds is 8. The van der Waals surface area contributed by atoms with Gasteiger partial charge in [-0.05, 0) is 32.1 Å². The lowest BCUT2D eigenvalue weighted by molar-refractivity contribution is -0.161. The molecule has 0 aromatic rings. The molecule has 2 atom stereocenters. The van der Waals surface area contributed by atoms with Gasteiger partial charge in [-0.2, -0.15) is 0 Å². The minimum atomic E-state index is -0.733. The third-order valence-electron chi connectivity index (χ3n) is 3.79. The highest BCUT2D eigenvalue weighted by atomic mass is 16.5. The van der Waals surface area contributed by atoms with Crippen LogP contribution in [0.15, 0.2) is 0 Å². The average Bonchev–Trinajstić information content (AvgIpc) is 2.37. The van der Waals surface area contributed by atoms with Crippen molar-refractivity contribution in [3.63, 3.8) is 0 Å². The third kappa shape index (κ3) is 6.06. The predicted octanol–water partition coefficient (Wildman–Crippen LogP) is 3.64. The zero-order valence-electron chi connectivity index (χ0n) is 14.9. The fourth-order valence-electron chi connectivity index (χ4n) is 2.31. The number of amides is 1. The van der Waals surface area contributed by atoms with Crippen LogP contribution in [-0.2, 0) is 14.3 Å². The second-order valence-corrected chi connectivity index (χ2v) is 6.69. The number of carbonyl (C=O) groups is 2. The molecule has 0 radical (unpaired) electrons. The molecule has 0 aliphatic carbocycles. The van der Waals surface area contributed by atoms with E-state index in [9.17, 15) is 9.59 Å². The highest BCUT2D eigenvalue weighted by molar-refractivity contribution is 5.98. The van der Waals surface area contributed by atoms with Gasteiger partial charge in [0.25, 0.3) is 0 Å². The van der Waals surface area contributed by atoms with Gasteiger partial charge in [0.05, 0.1) is 6.61 Å². The molecule has 124 valence electrons. The zero-order chi connectivity index (χ0) is 16.6. The van der Waals surface area contributed by atoms with E-state index in [4.69, 9.17) is 4.74 Å². The van der Waals surface area contributed by atoms with E-state index in [0.717, 1.165) is 19.3 Å². The zero-order valence-corrected chi connectivity index (χ0v) is 14.9. The van der Waals surface area contributed by atoms with E-state index < -0.39 is 17.3 Å². The number of hydrogen-bond acceptors (Lipinski definition) is 3. The molecule has 4 heteroatoms. The van der Waals surface area contributed by atoms with E-state index in [-0.39, 0.29) is 11.9 Å². The van der Waals surface area contributed by atoms with E-state index in [1.165, 1.54) is 0 Å². The normalized spacial score (nSPS) is 14.4. The van der Waals surface area contributed by atoms with Crippen LogP contribution in [0.5, 0.6) is 0 Å². The van der Waals surface area contributed by atoms with E-state index in [0.29, 0.717) is 13.2 Å². The topological polar surface area (TPSA) is 46.6 Å². The van der Waals surface area contributed by atoms with Crippen LogP contribution in [0.25, 0.3) is 0 Å². The fraction of sp³-hybridized carbons (Fsp3) is 0.882. The molecule has 0 rings (SSSR count). The Morgan fingerprint density at radius 3 is 2.10 bits per heavy atom. The summed E-state index contributed by atoms with van der Waals surface area (Å²) in [5.74, 6) is -1.23. The summed E-state index contributed by atoms with van der Waals surface area (Å²) in [6, 6.07) is 0.142. The van der Waals surface area contributed by atoms with Crippen LogP contribution in [0, 0.1) is 11.3 Å². The van der Waals surface area contributed by atoms with Crippen molar-refractivity contribution in [2.24, 2.45) is 11.3 Å². The molecule has 4 nitrogen and oxygen atoms in total. The van der Waals surface area contributed by atoms with Gasteiger partial charge in [0, 0.05) is 12.6 Å². The summed E-state index contributed by atoms with van der Waals surface area (Å²) in [5, 5.41) is 0. The quantitative estimate of drug-likeness (QED) is 0.508. The number of carbonyl (C=O) groups excluding carboxylic acids is 2. The first kappa shape index (κ1) is 19.9. The summed E-state index contributed by atoms with van der Waals surface area (Å²) < 4.78 is 5.13. The average molecular weight is 299 g/mol. The van der Waals surface area contributed by atoms with Crippen molar-refractivity contribution in [3.8, 4) is 0 Å². The molecule has 0 aliphatic rings. The Balaban J connectivity index is 5.33. The van der Waals surface area contributed by atoms with E-state index in [2.05, 4.69) is 13.8 Å². The minimum Gasteiger partial charge on any atom is -0.465 e. The molecule has 1 amide bonds. The van der Waals surface area contributed by atoms with Crippen molar-refractivity contribution < 1.29 is 14.3 Å². The van der Waals surface area contributed by atoms with Crippen molar-refractivity contribution in [1.82, 2.24) is 4.90 Å². The van der Waals surface area contributed by atoms with Crippen LogP contribution in [0.2, 0.25) is 0 Å². The molecule has 0 bridgehead atoms. The number of esters is 1. The lowest BCUT2D eigenvalue weighted by Gasteiger charge is -2.36. The molecule has 0 fully saturated rings. The van der Waals surface area contributed by atoms with Gasteiger partial charge in [-0.25, -0.2) is 0 Å². The highest BCUT2D eigenvalue weighted by Gasteiger charge is 2.41. The maximum Gasteiger partial charge on any atom is 0.319 e. The first-order chi connectivity index (χ1) is 9.70. The summed E-state index contributed by atoms with van der Waals surface area (Å²) in [6.45, 7) is 14.7. The monoisotopic (exact) mass is 299 g/mol. The smallest absolute Gasteiger partial charge is 0.319 e. The third-order valence-corrected chi connectivity index (χ3v) is 3.79. The van der Waals surface area contributed by atoms with Gasteiger partial charge in [0.1, 0.15) is 5.92 Å². The first-order valence-electron chi connectivity index (χ1n) is 8.17. The first-order valence-corrected chi connectivity index (χ1v) is 8.17. The Labute approximate surface area is 130 Å². The molecule has 21 heavy (non-hydrogen) atoms. The maximum absolute atomic E-state index is 12.9. The van der Waals surface area contributed by atoms with Crippen molar-refractivity contribution in [3.05, 3.63) is 0 Å². The van der Waals surface area contributed by atoms with Crippen molar-refractivity contribution >= 4 is 11.9 Å². The molecular formula is C17H33NO3. The lowest BCUT2D eigenvalue weighted by atomic mass is 9.79. The van der Waals surface area contributed by atoms with Crippen LogP contribution >= 0.6 is 0 Å². The lowest BCUT2D eigenvalue weighted by Crippen LogP contribution is -2.49. The van der Waals surface area contributed by atoms with Crippen molar-refractivity contribution in [2.75, 3.05) is 13.2 Å². The second-order valence-electron chi connectivity index (χ2n) is 6.69. The summed E-state index contributed by atoms with van der Waals surface area (Å²) in [4.78, 5) is 27.0. The minimum absolute atomic E-state index is 0.0937. The fourth-order valence-corrected chi connectivity index (χ4v) is 2.31. The van der Waals surface area contributed by atoms with Gasteiger partial charge in [-0.3, -0.25) is 9.59 Å². The van der Waals surface area contributed by atoms with Gasteiger partial charge in [-0.15, -0.1) is 0 Å². The molecule has 0 spiro atoms. The molecule has 0 aromatic heterocycles. The summed E-state index contributed by atoms with van der Waals surface area (Å²) in [7, 11) is 0. The van der Waals surface area contributed by atoms with Gasteiger partial charge in [-0.1, -0.05) is 41.0 Å². The Kier molecular flexibility index (Phi) is 8.60. The highest BCUT2D eigenvalue weighted by Crippen LogP contribution is 2.30. The van der Waals surface area contributed by atoms with Crippen LogP contribution in [-0.4, -0.2) is 36.0 Å². The molecular weight excluding hydrogens is 266 g/mol. The molecule has 0 N–H and O–H groups in total. The van der Waals surface area contributed by atoms with Gasteiger partial charge >= 0.3 is 5.97 Å². The van der Waals surface area contributed by atoms with Gasteiger partial charge in [0.15, 0.2) is 0 Å². The van der Waals surface area contributed by atoms with Crippen LogP contribution in [0.3, 0.4) is 0 Å². The SMILES string of the molecule is CCCCN(C(=O)C(C(=O)OCC)C(C)(C)C)C(C)CC.